The van der Waals surface area contributed by atoms with E-state index < -0.39 is 0 Å². The van der Waals surface area contributed by atoms with E-state index in [0.29, 0.717) is 5.41 Å². The van der Waals surface area contributed by atoms with Gasteiger partial charge in [-0.1, -0.05) is 26.2 Å². The van der Waals surface area contributed by atoms with Crippen molar-refractivity contribution in [2.45, 2.75) is 51.9 Å². The average Bonchev–Trinajstić information content (AvgIpc) is 2.40. The lowest BCUT2D eigenvalue weighted by Gasteiger charge is -2.40. The summed E-state index contributed by atoms with van der Waals surface area (Å²) < 4.78 is 5.15. The van der Waals surface area contributed by atoms with Crippen molar-refractivity contribution in [2.24, 2.45) is 5.41 Å². The van der Waals surface area contributed by atoms with Gasteiger partial charge in [0.1, 0.15) is 0 Å². The zero-order valence-corrected chi connectivity index (χ0v) is 13.3. The molecular formula is C16H34N2O. The van der Waals surface area contributed by atoms with Gasteiger partial charge in [-0.05, 0) is 44.7 Å². The van der Waals surface area contributed by atoms with Crippen molar-refractivity contribution < 1.29 is 4.74 Å². The van der Waals surface area contributed by atoms with Gasteiger partial charge in [0, 0.05) is 33.4 Å². The highest BCUT2D eigenvalue weighted by Crippen LogP contribution is 2.36. The Kier molecular flexibility index (Phi) is 8.67. The summed E-state index contributed by atoms with van der Waals surface area (Å²) in [5.74, 6) is 0. The van der Waals surface area contributed by atoms with Gasteiger partial charge in [0.15, 0.2) is 0 Å². The van der Waals surface area contributed by atoms with Crippen molar-refractivity contribution in [2.75, 3.05) is 46.9 Å². The Balaban J connectivity index is 2.39. The van der Waals surface area contributed by atoms with E-state index in [0.717, 1.165) is 26.1 Å². The number of methoxy groups -OCH3 is 1. The largest absolute Gasteiger partial charge is 0.385 e. The number of ether oxygens (including phenoxy) is 1. The fourth-order valence-corrected chi connectivity index (χ4v) is 3.35. The smallest absolute Gasteiger partial charge is 0.0474 e. The first kappa shape index (κ1) is 16.9. The summed E-state index contributed by atoms with van der Waals surface area (Å²) in [6.45, 7) is 7.89. The molecule has 0 atom stereocenters. The molecule has 3 heteroatoms. The highest BCUT2D eigenvalue weighted by atomic mass is 16.5. The quantitative estimate of drug-likeness (QED) is 0.618. The van der Waals surface area contributed by atoms with E-state index >= 15 is 0 Å². The third-order valence-corrected chi connectivity index (χ3v) is 4.33. The number of rotatable bonds is 10. The van der Waals surface area contributed by atoms with Crippen LogP contribution in [0.1, 0.15) is 51.9 Å². The number of hydrogen-bond donors (Lipinski definition) is 1. The number of nitrogens with one attached hydrogen (secondary N) is 1. The molecule has 114 valence electrons. The van der Waals surface area contributed by atoms with Crippen molar-refractivity contribution in [1.82, 2.24) is 10.2 Å². The average molecular weight is 270 g/mol. The van der Waals surface area contributed by atoms with E-state index in [2.05, 4.69) is 24.2 Å². The molecule has 1 N–H and O–H groups in total. The van der Waals surface area contributed by atoms with Crippen LogP contribution < -0.4 is 5.32 Å². The molecular weight excluding hydrogens is 236 g/mol. The Morgan fingerprint density at radius 3 is 2.58 bits per heavy atom. The molecule has 1 aliphatic carbocycles. The molecule has 0 saturated heterocycles. The number of hydrogen-bond acceptors (Lipinski definition) is 3. The fraction of sp³-hybridized carbons (Fsp3) is 1.00. The first-order valence-corrected chi connectivity index (χ1v) is 8.11. The van der Waals surface area contributed by atoms with Gasteiger partial charge in [0.25, 0.3) is 0 Å². The molecule has 0 amide bonds. The van der Waals surface area contributed by atoms with Crippen molar-refractivity contribution >= 4 is 0 Å². The molecule has 0 aromatic rings. The van der Waals surface area contributed by atoms with Crippen LogP contribution in [0, 0.1) is 5.41 Å². The van der Waals surface area contributed by atoms with Gasteiger partial charge in [-0.2, -0.15) is 0 Å². The van der Waals surface area contributed by atoms with Gasteiger partial charge < -0.3 is 15.0 Å². The maximum Gasteiger partial charge on any atom is 0.0474 e. The molecule has 1 saturated carbocycles. The molecule has 1 rings (SSSR count). The molecule has 0 heterocycles. The SMILES string of the molecule is CCCNCC1(CN(C)CCCOC)CCCCC1. The summed E-state index contributed by atoms with van der Waals surface area (Å²) in [4.78, 5) is 2.51. The molecule has 1 aliphatic rings. The summed E-state index contributed by atoms with van der Waals surface area (Å²) in [6, 6.07) is 0. The summed E-state index contributed by atoms with van der Waals surface area (Å²) in [7, 11) is 4.06. The van der Waals surface area contributed by atoms with Crippen LogP contribution in [0.2, 0.25) is 0 Å². The Labute approximate surface area is 120 Å². The van der Waals surface area contributed by atoms with Gasteiger partial charge >= 0.3 is 0 Å². The van der Waals surface area contributed by atoms with Crippen molar-refractivity contribution in [3.8, 4) is 0 Å². The van der Waals surface area contributed by atoms with Crippen LogP contribution in [0.5, 0.6) is 0 Å². The van der Waals surface area contributed by atoms with Crippen molar-refractivity contribution in [1.29, 1.82) is 0 Å². The van der Waals surface area contributed by atoms with E-state index in [1.165, 1.54) is 51.6 Å². The van der Waals surface area contributed by atoms with Crippen LogP contribution in [0.25, 0.3) is 0 Å². The van der Waals surface area contributed by atoms with Crippen LogP contribution in [0.4, 0.5) is 0 Å². The minimum Gasteiger partial charge on any atom is -0.385 e. The molecule has 19 heavy (non-hydrogen) atoms. The third-order valence-electron chi connectivity index (χ3n) is 4.33. The van der Waals surface area contributed by atoms with Gasteiger partial charge in [0.2, 0.25) is 0 Å². The zero-order chi connectivity index (χ0) is 14.0. The molecule has 0 aromatic carbocycles. The second kappa shape index (κ2) is 9.73. The molecule has 0 aliphatic heterocycles. The Bertz CT molecular complexity index is 215. The maximum absolute atomic E-state index is 5.15. The van der Waals surface area contributed by atoms with Crippen LogP contribution in [0.15, 0.2) is 0 Å². The van der Waals surface area contributed by atoms with E-state index in [4.69, 9.17) is 4.74 Å². The molecule has 0 radical (unpaired) electrons. The van der Waals surface area contributed by atoms with E-state index in [9.17, 15) is 0 Å². The molecule has 0 bridgehead atoms. The topological polar surface area (TPSA) is 24.5 Å². The Morgan fingerprint density at radius 2 is 1.95 bits per heavy atom. The van der Waals surface area contributed by atoms with E-state index in [-0.39, 0.29) is 0 Å². The van der Waals surface area contributed by atoms with Gasteiger partial charge in [-0.15, -0.1) is 0 Å². The maximum atomic E-state index is 5.15. The Hall–Kier alpha value is -0.120. The van der Waals surface area contributed by atoms with E-state index in [1.54, 1.807) is 7.11 Å². The van der Waals surface area contributed by atoms with Crippen LogP contribution >= 0.6 is 0 Å². The predicted octanol–water partition coefficient (Wildman–Crippen LogP) is 2.90. The van der Waals surface area contributed by atoms with Gasteiger partial charge in [-0.25, -0.2) is 0 Å². The minimum atomic E-state index is 0.523. The second-order valence-electron chi connectivity index (χ2n) is 6.32. The molecule has 3 nitrogen and oxygen atoms in total. The monoisotopic (exact) mass is 270 g/mol. The minimum absolute atomic E-state index is 0.523. The lowest BCUT2D eigenvalue weighted by molar-refractivity contribution is 0.108. The molecule has 1 fully saturated rings. The highest BCUT2D eigenvalue weighted by Gasteiger charge is 2.32. The van der Waals surface area contributed by atoms with Crippen LogP contribution in [0.3, 0.4) is 0 Å². The molecule has 0 spiro atoms. The lowest BCUT2D eigenvalue weighted by Crippen LogP contribution is -2.44. The lowest BCUT2D eigenvalue weighted by atomic mass is 9.73. The first-order chi connectivity index (χ1) is 9.22. The zero-order valence-electron chi connectivity index (χ0n) is 13.3. The standard InChI is InChI=1S/C16H34N2O/c1-4-11-17-14-16(9-6-5-7-10-16)15-18(2)12-8-13-19-3/h17H,4-15H2,1-3H3. The summed E-state index contributed by atoms with van der Waals surface area (Å²) in [5.41, 5.74) is 0.523. The van der Waals surface area contributed by atoms with E-state index in [1.807, 2.05) is 0 Å². The van der Waals surface area contributed by atoms with Crippen LogP contribution in [-0.2, 0) is 4.74 Å². The van der Waals surface area contributed by atoms with Crippen molar-refractivity contribution in [3.05, 3.63) is 0 Å². The van der Waals surface area contributed by atoms with Crippen LogP contribution in [-0.4, -0.2) is 51.8 Å². The Morgan fingerprint density at radius 1 is 1.21 bits per heavy atom. The summed E-state index contributed by atoms with van der Waals surface area (Å²) >= 11 is 0. The molecule has 0 aromatic heterocycles. The fourth-order valence-electron chi connectivity index (χ4n) is 3.35. The second-order valence-corrected chi connectivity index (χ2v) is 6.32. The molecule has 0 unspecified atom stereocenters. The first-order valence-electron chi connectivity index (χ1n) is 8.11. The summed E-state index contributed by atoms with van der Waals surface area (Å²) in [5, 5.41) is 3.67. The third kappa shape index (κ3) is 6.73. The van der Waals surface area contributed by atoms with Gasteiger partial charge in [-0.3, -0.25) is 0 Å². The predicted molar refractivity (Wildman–Crippen MR) is 82.7 cm³/mol. The normalized spacial score (nSPS) is 18.9. The van der Waals surface area contributed by atoms with Gasteiger partial charge in [0.05, 0.1) is 0 Å². The summed E-state index contributed by atoms with van der Waals surface area (Å²) in [6.07, 6.45) is 9.45. The highest BCUT2D eigenvalue weighted by molar-refractivity contribution is 4.87. The number of nitrogens with zero attached hydrogens (tertiary/aromatic N) is 1. The van der Waals surface area contributed by atoms with Crippen molar-refractivity contribution in [3.63, 3.8) is 0 Å².